The molecule has 4 aromatic rings. The highest BCUT2D eigenvalue weighted by molar-refractivity contribution is 5.70. The van der Waals surface area contributed by atoms with Crippen LogP contribution >= 0.6 is 0 Å². The fraction of sp³-hybridized carbons (Fsp3) is 0.136. The lowest BCUT2D eigenvalue weighted by atomic mass is 10.1. The highest BCUT2D eigenvalue weighted by Gasteiger charge is 2.32. The molecule has 0 spiro atoms. The molecule has 3 heterocycles. The summed E-state index contributed by atoms with van der Waals surface area (Å²) in [5, 5.41) is 0. The van der Waals surface area contributed by atoms with E-state index in [1.807, 2.05) is 0 Å². The number of nitrogens with one attached hydrogen (secondary N) is 1. The maximum atomic E-state index is 13.0. The van der Waals surface area contributed by atoms with Crippen molar-refractivity contribution in [1.29, 1.82) is 0 Å². The average molecular weight is 444 g/mol. The molecule has 4 rings (SSSR count). The Morgan fingerprint density at radius 2 is 1.81 bits per heavy atom. The summed E-state index contributed by atoms with van der Waals surface area (Å²) in [5.41, 5.74) is 1.32. The fourth-order valence-electron chi connectivity index (χ4n) is 2.99. The zero-order valence-electron chi connectivity index (χ0n) is 16.7. The molecule has 0 bridgehead atoms. The Balaban J connectivity index is 1.52. The summed E-state index contributed by atoms with van der Waals surface area (Å²) in [6.07, 6.45) is -0.451. The van der Waals surface area contributed by atoms with E-state index in [9.17, 15) is 17.6 Å². The summed E-state index contributed by atoms with van der Waals surface area (Å²) in [5.74, 6) is 0.811. The van der Waals surface area contributed by atoms with E-state index in [1.165, 1.54) is 25.4 Å². The zero-order valence-corrected chi connectivity index (χ0v) is 16.7. The number of aromatic amines is 1. The van der Waals surface area contributed by atoms with E-state index < -0.39 is 17.8 Å². The van der Waals surface area contributed by atoms with Gasteiger partial charge in [0.1, 0.15) is 29.6 Å². The van der Waals surface area contributed by atoms with Crippen LogP contribution in [0, 0.1) is 5.95 Å². The molecular weight excluding hydrogens is 428 g/mol. The van der Waals surface area contributed by atoms with Gasteiger partial charge in [0, 0.05) is 29.6 Å². The molecule has 32 heavy (non-hydrogen) atoms. The molecule has 3 aromatic heterocycles. The predicted octanol–water partition coefficient (Wildman–Crippen LogP) is 5.28. The lowest BCUT2D eigenvalue weighted by molar-refractivity contribution is -0.141. The number of hydrogen-bond acceptors (Lipinski definition) is 5. The number of methoxy groups -OCH3 is 1. The molecule has 1 N–H and O–H groups in total. The smallest absolute Gasteiger partial charge is 0.433 e. The SMILES string of the molecule is COc1cc(OCc2ccnc(C(F)(F)F)c2)ccc1-c1cnc(-c2ccc(F)nc2)[nH]1. The first-order chi connectivity index (χ1) is 15.3. The number of alkyl halides is 3. The van der Waals surface area contributed by atoms with Crippen LogP contribution in [-0.4, -0.2) is 27.0 Å². The average Bonchev–Trinajstić information content (AvgIpc) is 3.27. The number of pyridine rings is 2. The number of hydrogen-bond donors (Lipinski definition) is 1. The molecule has 0 fully saturated rings. The first-order valence-electron chi connectivity index (χ1n) is 9.34. The van der Waals surface area contributed by atoms with Crippen LogP contribution < -0.4 is 9.47 Å². The number of H-pyrrole nitrogens is 1. The van der Waals surface area contributed by atoms with Crippen LogP contribution in [0.4, 0.5) is 17.6 Å². The molecule has 0 saturated heterocycles. The number of halogens is 4. The molecule has 0 aliphatic carbocycles. The van der Waals surface area contributed by atoms with Crippen molar-refractivity contribution in [3.05, 3.63) is 78.3 Å². The summed E-state index contributed by atoms with van der Waals surface area (Å²) in [7, 11) is 1.49. The van der Waals surface area contributed by atoms with Crippen molar-refractivity contribution >= 4 is 0 Å². The van der Waals surface area contributed by atoms with Crippen LogP contribution in [-0.2, 0) is 12.8 Å². The number of ether oxygens (including phenoxy) is 2. The monoisotopic (exact) mass is 444 g/mol. The van der Waals surface area contributed by atoms with Gasteiger partial charge in [0.2, 0.25) is 5.95 Å². The van der Waals surface area contributed by atoms with E-state index in [0.29, 0.717) is 39.7 Å². The van der Waals surface area contributed by atoms with Crippen LogP contribution in [0.2, 0.25) is 0 Å². The number of imidazole rings is 1. The van der Waals surface area contributed by atoms with Gasteiger partial charge in [0.25, 0.3) is 0 Å². The standard InChI is InChI=1S/C22H16F4N4O2/c1-31-18-9-15(32-12-13-6-7-27-19(8-13)22(24,25)26)3-4-16(18)17-11-29-21(30-17)14-2-5-20(23)28-10-14/h2-11H,12H2,1H3,(H,29,30). The van der Waals surface area contributed by atoms with Gasteiger partial charge in [-0.3, -0.25) is 4.98 Å². The van der Waals surface area contributed by atoms with Crippen LogP contribution in [0.1, 0.15) is 11.3 Å². The first kappa shape index (κ1) is 21.3. The summed E-state index contributed by atoms with van der Waals surface area (Å²) >= 11 is 0. The third kappa shape index (κ3) is 4.69. The minimum atomic E-state index is -4.52. The lowest BCUT2D eigenvalue weighted by Gasteiger charge is -2.12. The third-order valence-corrected chi connectivity index (χ3v) is 4.56. The predicted molar refractivity (Wildman–Crippen MR) is 107 cm³/mol. The van der Waals surface area contributed by atoms with Crippen molar-refractivity contribution in [2.75, 3.05) is 7.11 Å². The van der Waals surface area contributed by atoms with Crippen molar-refractivity contribution in [2.45, 2.75) is 12.8 Å². The number of rotatable bonds is 6. The van der Waals surface area contributed by atoms with Crippen LogP contribution in [0.15, 0.2) is 61.1 Å². The summed E-state index contributed by atoms with van der Waals surface area (Å²) in [6.45, 7) is -0.0696. The number of benzene rings is 1. The van der Waals surface area contributed by atoms with E-state index in [4.69, 9.17) is 9.47 Å². The van der Waals surface area contributed by atoms with E-state index in [-0.39, 0.29) is 6.61 Å². The Labute approximate surface area is 179 Å². The molecule has 0 unspecified atom stereocenters. The maximum absolute atomic E-state index is 13.0. The van der Waals surface area contributed by atoms with Gasteiger partial charge in [-0.25, -0.2) is 9.97 Å². The fourth-order valence-corrected chi connectivity index (χ4v) is 2.99. The minimum absolute atomic E-state index is 0.0696. The van der Waals surface area contributed by atoms with Crippen LogP contribution in [0.3, 0.4) is 0 Å². The Bertz CT molecular complexity index is 1220. The molecule has 0 aliphatic rings. The Morgan fingerprint density at radius 3 is 2.53 bits per heavy atom. The van der Waals surface area contributed by atoms with E-state index in [2.05, 4.69) is 19.9 Å². The quantitative estimate of drug-likeness (QED) is 0.324. The summed E-state index contributed by atoms with van der Waals surface area (Å²) < 4.78 is 62.5. The minimum Gasteiger partial charge on any atom is -0.496 e. The zero-order chi connectivity index (χ0) is 22.7. The van der Waals surface area contributed by atoms with E-state index >= 15 is 0 Å². The highest BCUT2D eigenvalue weighted by atomic mass is 19.4. The molecule has 10 heteroatoms. The van der Waals surface area contributed by atoms with Gasteiger partial charge >= 0.3 is 6.18 Å². The second kappa shape index (κ2) is 8.66. The largest absolute Gasteiger partial charge is 0.496 e. The Hall–Kier alpha value is -3.95. The van der Waals surface area contributed by atoms with Gasteiger partial charge in [-0.2, -0.15) is 17.6 Å². The Morgan fingerprint density at radius 1 is 0.969 bits per heavy atom. The normalized spacial score (nSPS) is 11.4. The lowest BCUT2D eigenvalue weighted by Crippen LogP contribution is -2.09. The van der Waals surface area contributed by atoms with Gasteiger partial charge in [0.15, 0.2) is 0 Å². The van der Waals surface area contributed by atoms with Gasteiger partial charge in [-0.15, -0.1) is 0 Å². The van der Waals surface area contributed by atoms with Gasteiger partial charge in [-0.1, -0.05) is 0 Å². The molecule has 0 saturated carbocycles. The molecular formula is C22H16F4N4O2. The molecule has 1 aromatic carbocycles. The first-order valence-corrected chi connectivity index (χ1v) is 9.34. The molecule has 0 atom stereocenters. The van der Waals surface area contributed by atoms with Gasteiger partial charge in [0.05, 0.1) is 19.0 Å². The van der Waals surface area contributed by atoms with Crippen molar-refractivity contribution in [3.8, 4) is 34.1 Å². The molecule has 6 nitrogen and oxygen atoms in total. The maximum Gasteiger partial charge on any atom is 0.433 e. The molecule has 0 aliphatic heterocycles. The van der Waals surface area contributed by atoms with E-state index in [0.717, 1.165) is 12.3 Å². The van der Waals surface area contributed by atoms with Crippen molar-refractivity contribution in [1.82, 2.24) is 19.9 Å². The third-order valence-electron chi connectivity index (χ3n) is 4.56. The van der Waals surface area contributed by atoms with E-state index in [1.54, 1.807) is 30.5 Å². The van der Waals surface area contributed by atoms with Crippen LogP contribution in [0.5, 0.6) is 11.5 Å². The second-order valence-corrected chi connectivity index (χ2v) is 6.71. The second-order valence-electron chi connectivity index (χ2n) is 6.71. The van der Waals surface area contributed by atoms with Crippen molar-refractivity contribution < 1.29 is 27.0 Å². The van der Waals surface area contributed by atoms with Crippen molar-refractivity contribution in [2.24, 2.45) is 0 Å². The molecule has 0 radical (unpaired) electrons. The topological polar surface area (TPSA) is 72.9 Å². The summed E-state index contributed by atoms with van der Waals surface area (Å²) in [4.78, 5) is 14.4. The van der Waals surface area contributed by atoms with Gasteiger partial charge in [-0.05, 0) is 42.0 Å². The number of aromatic nitrogens is 4. The van der Waals surface area contributed by atoms with Crippen molar-refractivity contribution in [3.63, 3.8) is 0 Å². The summed E-state index contributed by atoms with van der Waals surface area (Å²) in [6, 6.07) is 10.2. The highest BCUT2D eigenvalue weighted by Crippen LogP contribution is 2.34. The molecule has 0 amide bonds. The molecule has 164 valence electrons. The van der Waals surface area contributed by atoms with Crippen LogP contribution in [0.25, 0.3) is 22.6 Å². The number of nitrogens with zero attached hydrogens (tertiary/aromatic N) is 3. The van der Waals surface area contributed by atoms with Gasteiger partial charge < -0.3 is 14.5 Å². The Kier molecular flexibility index (Phi) is 5.76.